The Bertz CT molecular complexity index is 463. The van der Waals surface area contributed by atoms with E-state index in [1.54, 1.807) is 19.9 Å². The van der Waals surface area contributed by atoms with E-state index in [1.807, 2.05) is 0 Å². The number of benzene rings is 1. The molecule has 0 bridgehead atoms. The van der Waals surface area contributed by atoms with Crippen molar-refractivity contribution in [3.8, 4) is 0 Å². The van der Waals surface area contributed by atoms with E-state index in [-0.39, 0.29) is 11.5 Å². The van der Waals surface area contributed by atoms with E-state index < -0.39 is 17.6 Å². The lowest BCUT2D eigenvalue weighted by molar-refractivity contribution is -0.137. The van der Waals surface area contributed by atoms with Crippen molar-refractivity contribution in [3.05, 3.63) is 46.0 Å². The van der Waals surface area contributed by atoms with Crippen LogP contribution in [0.2, 0.25) is 0 Å². The van der Waals surface area contributed by atoms with E-state index in [0.29, 0.717) is 17.5 Å². The highest BCUT2D eigenvalue weighted by molar-refractivity contribution is 9.10. The first kappa shape index (κ1) is 15.8. The summed E-state index contributed by atoms with van der Waals surface area (Å²) >= 11 is 3.03. The van der Waals surface area contributed by atoms with E-state index in [1.165, 1.54) is 18.2 Å². The van der Waals surface area contributed by atoms with E-state index >= 15 is 0 Å². The van der Waals surface area contributed by atoms with Crippen molar-refractivity contribution in [2.24, 2.45) is 0 Å². The summed E-state index contributed by atoms with van der Waals surface area (Å²) in [6.07, 6.45) is 3.19. The molecule has 0 spiro atoms. The Morgan fingerprint density at radius 3 is 2.53 bits per heavy atom. The molecule has 0 aromatic heterocycles. The molecule has 1 atom stereocenters. The van der Waals surface area contributed by atoms with E-state index in [4.69, 9.17) is 4.74 Å². The molecule has 0 fully saturated rings. The maximum absolute atomic E-state index is 13.7. The van der Waals surface area contributed by atoms with Crippen molar-refractivity contribution in [1.29, 1.82) is 0 Å². The highest BCUT2D eigenvalue weighted by Gasteiger charge is 2.16. The maximum atomic E-state index is 13.7. The number of allylic oxidation sites excluding steroid dienone is 1. The number of halogens is 3. The van der Waals surface area contributed by atoms with Crippen molar-refractivity contribution in [1.82, 2.24) is 0 Å². The lowest BCUT2D eigenvalue weighted by Gasteiger charge is -2.12. The molecule has 0 radical (unpaired) electrons. The molecule has 104 valence electrons. The van der Waals surface area contributed by atoms with Gasteiger partial charge in [0.05, 0.1) is 6.61 Å². The quantitative estimate of drug-likeness (QED) is 0.592. The van der Waals surface area contributed by atoms with E-state index in [2.05, 4.69) is 15.9 Å². The summed E-state index contributed by atoms with van der Waals surface area (Å²) in [4.78, 5) is 11.1. The first-order valence-electron chi connectivity index (χ1n) is 5.93. The number of hydrogen-bond donors (Lipinski definition) is 0. The summed E-state index contributed by atoms with van der Waals surface area (Å²) in [5, 5.41) is 0. The predicted octanol–water partition coefficient (Wildman–Crippen LogP) is 4.34. The minimum atomic E-state index is -0.594. The van der Waals surface area contributed by atoms with Gasteiger partial charge in [0.1, 0.15) is 11.6 Å². The normalized spacial score (nSPS) is 12.7. The predicted molar refractivity (Wildman–Crippen MR) is 72.9 cm³/mol. The number of carbonyl (C=O) groups excluding carboxylic acids is 1. The summed E-state index contributed by atoms with van der Waals surface area (Å²) < 4.78 is 32.4. The highest BCUT2D eigenvalue weighted by Crippen LogP contribution is 2.28. The lowest BCUT2D eigenvalue weighted by atomic mass is 9.96. The van der Waals surface area contributed by atoms with E-state index in [0.717, 1.165) is 0 Å². The third-order valence-corrected chi connectivity index (χ3v) is 3.02. The molecule has 0 N–H and O–H groups in total. The van der Waals surface area contributed by atoms with Crippen molar-refractivity contribution >= 4 is 21.9 Å². The summed E-state index contributed by atoms with van der Waals surface area (Å²) in [7, 11) is 0. The zero-order chi connectivity index (χ0) is 14.4. The Balaban J connectivity index is 2.74. The number of rotatable bonds is 5. The second-order valence-corrected chi connectivity index (χ2v) is 4.99. The average Bonchev–Trinajstić information content (AvgIpc) is 2.27. The number of esters is 1. The van der Waals surface area contributed by atoms with Crippen LogP contribution in [-0.2, 0) is 9.53 Å². The van der Waals surface area contributed by atoms with Gasteiger partial charge in [-0.3, -0.25) is 0 Å². The maximum Gasteiger partial charge on any atom is 0.330 e. The summed E-state index contributed by atoms with van der Waals surface area (Å²) in [5.41, 5.74) is 0.0247. The number of ether oxygens (including phenoxy) is 1. The van der Waals surface area contributed by atoms with E-state index in [9.17, 15) is 13.6 Å². The van der Waals surface area contributed by atoms with Crippen LogP contribution in [0.5, 0.6) is 0 Å². The molecular weight excluding hydrogens is 318 g/mol. The molecule has 0 saturated carbocycles. The molecule has 0 aliphatic heterocycles. The van der Waals surface area contributed by atoms with Crippen molar-refractivity contribution < 1.29 is 18.3 Å². The van der Waals surface area contributed by atoms with Crippen LogP contribution in [0.4, 0.5) is 8.78 Å². The third kappa shape index (κ3) is 4.74. The van der Waals surface area contributed by atoms with Gasteiger partial charge >= 0.3 is 5.97 Å². The molecular formula is C14H15BrF2O2. The van der Waals surface area contributed by atoms with Gasteiger partial charge < -0.3 is 4.74 Å². The highest BCUT2D eigenvalue weighted by atomic mass is 79.9. The molecule has 1 aromatic rings. The molecule has 0 heterocycles. The monoisotopic (exact) mass is 332 g/mol. The molecule has 2 nitrogen and oxygen atoms in total. The summed E-state index contributed by atoms with van der Waals surface area (Å²) in [6, 6.07) is 2.45. The first-order chi connectivity index (χ1) is 8.95. The summed E-state index contributed by atoms with van der Waals surface area (Å²) in [5.74, 6) is -2.00. The van der Waals surface area contributed by atoms with Gasteiger partial charge in [-0.1, -0.05) is 28.9 Å². The molecule has 1 aromatic carbocycles. The van der Waals surface area contributed by atoms with Crippen molar-refractivity contribution in [2.75, 3.05) is 6.61 Å². The number of carbonyl (C=O) groups is 1. The fourth-order valence-electron chi connectivity index (χ4n) is 1.70. The Morgan fingerprint density at radius 2 is 2.00 bits per heavy atom. The second kappa shape index (κ2) is 7.38. The minimum absolute atomic E-state index is 0.0247. The average molecular weight is 333 g/mol. The van der Waals surface area contributed by atoms with Crippen LogP contribution in [0.1, 0.15) is 31.7 Å². The molecule has 19 heavy (non-hydrogen) atoms. The number of hydrogen-bond acceptors (Lipinski definition) is 2. The minimum Gasteiger partial charge on any atom is -0.463 e. The van der Waals surface area contributed by atoms with Gasteiger partial charge in [0, 0.05) is 16.1 Å². The van der Waals surface area contributed by atoms with Crippen LogP contribution in [0.15, 0.2) is 28.8 Å². The molecule has 5 heteroatoms. The van der Waals surface area contributed by atoms with Crippen LogP contribution in [0, 0.1) is 11.6 Å². The van der Waals surface area contributed by atoms with Crippen LogP contribution in [-0.4, -0.2) is 12.6 Å². The largest absolute Gasteiger partial charge is 0.463 e. The summed E-state index contributed by atoms with van der Waals surface area (Å²) in [6.45, 7) is 3.71. The van der Waals surface area contributed by atoms with Gasteiger partial charge in [0.25, 0.3) is 0 Å². The van der Waals surface area contributed by atoms with Crippen LogP contribution in [0.25, 0.3) is 0 Å². The first-order valence-corrected chi connectivity index (χ1v) is 6.72. The molecule has 0 aliphatic rings. The zero-order valence-corrected chi connectivity index (χ0v) is 12.3. The molecule has 0 unspecified atom stereocenters. The third-order valence-electron chi connectivity index (χ3n) is 2.57. The fraction of sp³-hybridized carbons (Fsp3) is 0.357. The molecule has 0 saturated heterocycles. The topological polar surface area (TPSA) is 26.3 Å². The molecule has 0 aliphatic carbocycles. The Labute approximate surface area is 119 Å². The zero-order valence-electron chi connectivity index (χ0n) is 10.8. The van der Waals surface area contributed by atoms with Gasteiger partial charge in [0.15, 0.2) is 0 Å². The molecule has 0 amide bonds. The van der Waals surface area contributed by atoms with Gasteiger partial charge in [0.2, 0.25) is 0 Å². The van der Waals surface area contributed by atoms with Crippen LogP contribution in [0.3, 0.4) is 0 Å². The second-order valence-electron chi connectivity index (χ2n) is 4.07. The SMILES string of the molecule is CCOC(=O)/C=C/C[C@@H](C)c1c(F)cc(Br)cc1F. The Kier molecular flexibility index (Phi) is 6.15. The Hall–Kier alpha value is -1.23. The van der Waals surface area contributed by atoms with Gasteiger partial charge in [-0.25, -0.2) is 13.6 Å². The lowest BCUT2D eigenvalue weighted by Crippen LogP contribution is -2.02. The van der Waals surface area contributed by atoms with Gasteiger partial charge in [-0.05, 0) is 31.4 Å². The standard InChI is InChI=1S/C14H15BrF2O2/c1-3-19-13(18)6-4-5-9(2)14-11(16)7-10(15)8-12(14)17/h4,6-9H,3,5H2,1-2H3/b6-4+/t9-/m1/s1. The van der Waals surface area contributed by atoms with Crippen LogP contribution >= 0.6 is 15.9 Å². The van der Waals surface area contributed by atoms with Gasteiger partial charge in [-0.15, -0.1) is 0 Å². The fourth-order valence-corrected chi connectivity index (χ4v) is 2.10. The van der Waals surface area contributed by atoms with Gasteiger partial charge in [-0.2, -0.15) is 0 Å². The smallest absolute Gasteiger partial charge is 0.330 e. The Morgan fingerprint density at radius 1 is 1.42 bits per heavy atom. The molecule has 1 rings (SSSR count). The van der Waals surface area contributed by atoms with Crippen molar-refractivity contribution in [2.45, 2.75) is 26.2 Å². The van der Waals surface area contributed by atoms with Crippen molar-refractivity contribution in [3.63, 3.8) is 0 Å². The van der Waals surface area contributed by atoms with Crippen LogP contribution < -0.4 is 0 Å².